The molecule has 5 heterocycles. The van der Waals surface area contributed by atoms with Gasteiger partial charge in [-0.15, -0.1) is 11.3 Å². The number of thiophene rings is 1. The first kappa shape index (κ1) is 34.2. The number of carbonyl (C=O) groups excluding carboxylic acids is 2. The molecule has 0 N–H and O–H groups in total. The minimum Gasteiger partial charge on any atom is -0.454 e. The maximum Gasteiger partial charge on any atom is 0.251 e. The average Bonchev–Trinajstić information content (AvgIpc) is 3.42. The quantitative estimate of drug-likeness (QED) is 0.185. The molecule has 2 saturated heterocycles. The van der Waals surface area contributed by atoms with Gasteiger partial charge < -0.3 is 28.7 Å². The van der Waals surface area contributed by atoms with E-state index in [1.807, 2.05) is 71.8 Å². The van der Waals surface area contributed by atoms with Gasteiger partial charge in [0.15, 0.2) is 23.0 Å². The van der Waals surface area contributed by atoms with Crippen LogP contribution in [0.2, 0.25) is 0 Å². The highest BCUT2D eigenvalue weighted by Gasteiger charge is 2.52. The van der Waals surface area contributed by atoms with Crippen LogP contribution in [0.1, 0.15) is 74.3 Å². The Morgan fingerprint density at radius 3 is 2.25 bits per heavy atom. The topological polar surface area (TPSA) is 77.5 Å². The number of nitrogens with zero attached hydrogens (tertiary/aromatic N) is 2. The number of fused-ring (bicyclic) bond motifs is 2. The Labute approximate surface area is 306 Å². The third-order valence-electron chi connectivity index (χ3n) is 11.1. The molecule has 1 saturated carbocycles. The number of benzene rings is 2. The molecule has 4 aliphatic heterocycles. The van der Waals surface area contributed by atoms with Crippen molar-refractivity contribution in [3.05, 3.63) is 82.1 Å². The maximum atomic E-state index is 13.8. The van der Waals surface area contributed by atoms with Gasteiger partial charge in [0.25, 0.3) is 6.29 Å². The van der Waals surface area contributed by atoms with Crippen molar-refractivity contribution in [2.75, 3.05) is 31.4 Å². The number of amides is 2. The summed E-state index contributed by atoms with van der Waals surface area (Å²) < 4.78 is 24.3. The molecule has 1 aromatic heterocycles. The minimum atomic E-state index is -1.12. The first-order chi connectivity index (χ1) is 25.0. The molecule has 51 heavy (non-hydrogen) atoms. The smallest absolute Gasteiger partial charge is 0.251 e. The Hall–Kier alpha value is -3.89. The predicted molar refractivity (Wildman–Crippen MR) is 205 cm³/mol. The molecule has 8 rings (SSSR count). The van der Waals surface area contributed by atoms with Crippen LogP contribution >= 0.6 is 21.4 Å². The molecule has 3 atom stereocenters. The Kier molecular flexibility index (Phi) is 10.1. The number of rotatable bonds is 11. The molecule has 1 spiro atoms. The first-order valence-electron chi connectivity index (χ1n) is 18.6. The van der Waals surface area contributed by atoms with Gasteiger partial charge in [-0.1, -0.05) is 31.0 Å². The number of carbonyl (C=O) groups is 2. The van der Waals surface area contributed by atoms with Gasteiger partial charge in [0.2, 0.25) is 18.6 Å². The molecule has 10 heteroatoms. The second-order valence-electron chi connectivity index (χ2n) is 14.3. The van der Waals surface area contributed by atoms with Crippen LogP contribution in [-0.2, 0) is 16.1 Å². The summed E-state index contributed by atoms with van der Waals surface area (Å²) in [6.07, 6.45) is 16.3. The summed E-state index contributed by atoms with van der Waals surface area (Å²) in [6, 6.07) is 16.2. The Bertz CT molecular complexity index is 1780. The lowest BCUT2D eigenvalue weighted by atomic mass is 10.1. The average molecular weight is 729 g/mol. The monoisotopic (exact) mass is 728 g/mol. The molecule has 3 unspecified atom stereocenters. The lowest BCUT2D eigenvalue weighted by Gasteiger charge is -2.48. The van der Waals surface area contributed by atoms with Crippen molar-refractivity contribution < 1.29 is 28.5 Å². The molecule has 0 radical (unpaired) electrons. The van der Waals surface area contributed by atoms with E-state index < -0.39 is 10.0 Å². The molecule has 1 aliphatic carbocycles. The first-order valence-corrected chi connectivity index (χ1v) is 21.6. The zero-order chi connectivity index (χ0) is 34.8. The molecule has 5 aliphatic rings. The van der Waals surface area contributed by atoms with Crippen LogP contribution < -0.4 is 18.9 Å². The van der Waals surface area contributed by atoms with Crippen LogP contribution in [0.4, 0.5) is 0 Å². The van der Waals surface area contributed by atoms with Crippen LogP contribution in [-0.4, -0.2) is 75.8 Å². The molecule has 2 aromatic carbocycles. The fourth-order valence-corrected chi connectivity index (χ4v) is 14.7. The van der Waals surface area contributed by atoms with Gasteiger partial charge in [0.1, 0.15) is 0 Å². The van der Waals surface area contributed by atoms with Crippen LogP contribution in [0.15, 0.2) is 66.1 Å². The Balaban J connectivity index is 0.954. The second-order valence-corrected chi connectivity index (χ2v) is 19.4. The molecular formula is C41H48N2O6S2. The van der Waals surface area contributed by atoms with Gasteiger partial charge >= 0.3 is 0 Å². The van der Waals surface area contributed by atoms with Crippen molar-refractivity contribution >= 4 is 45.3 Å². The van der Waals surface area contributed by atoms with Crippen LogP contribution in [0.3, 0.4) is 0 Å². The summed E-state index contributed by atoms with van der Waals surface area (Å²) in [5.74, 6) is 5.59. The number of hydrogen-bond donors (Lipinski definition) is 0. The molecule has 270 valence electrons. The van der Waals surface area contributed by atoms with Gasteiger partial charge in [0, 0.05) is 41.4 Å². The molecular weight excluding hydrogens is 681 g/mol. The van der Waals surface area contributed by atoms with Crippen LogP contribution in [0.25, 0.3) is 12.2 Å². The summed E-state index contributed by atoms with van der Waals surface area (Å²) in [5.41, 5.74) is 1.86. The van der Waals surface area contributed by atoms with Crippen molar-refractivity contribution in [1.82, 2.24) is 9.80 Å². The standard InChI is InChI=1S/C41H48N2O6S2/c1-2-42(26-32-8-7-21-50-32)39(44)19-11-30-10-17-35-37(25-30)49-41(48-35)38-18-15-33(51(38)22-5-3-4-6-23-51)27-43(31-13-14-31)40(45)20-12-29-9-16-34-36(24-29)47-28-46-34/h7-12,16-17,19-21,24-25,31,33,38,41H,2-6,13-15,18,22-23,26-28H2,1H3/b19-11+,20-12+. The fraction of sp³-hybridized carbons (Fsp3) is 0.463. The highest BCUT2D eigenvalue weighted by atomic mass is 32.3. The lowest BCUT2D eigenvalue weighted by molar-refractivity contribution is -0.127. The molecule has 2 amide bonds. The zero-order valence-electron chi connectivity index (χ0n) is 29.4. The summed E-state index contributed by atoms with van der Waals surface area (Å²) in [4.78, 5) is 32.0. The lowest BCUT2D eigenvalue weighted by Crippen LogP contribution is -2.43. The van der Waals surface area contributed by atoms with Crippen LogP contribution in [0, 0.1) is 0 Å². The third-order valence-corrected chi connectivity index (χ3v) is 17.5. The number of likely N-dealkylation sites (N-methyl/N-ethyl adjacent to an activating group) is 1. The van der Waals surface area contributed by atoms with E-state index in [-0.39, 0.29) is 24.9 Å². The van der Waals surface area contributed by atoms with E-state index >= 15 is 0 Å². The van der Waals surface area contributed by atoms with E-state index in [2.05, 4.69) is 11.0 Å². The summed E-state index contributed by atoms with van der Waals surface area (Å²) in [5, 5.41) is 2.87. The minimum absolute atomic E-state index is 0.000471. The van der Waals surface area contributed by atoms with Gasteiger partial charge in [-0.2, -0.15) is 0 Å². The molecule has 0 bridgehead atoms. The van der Waals surface area contributed by atoms with E-state index in [9.17, 15) is 9.59 Å². The summed E-state index contributed by atoms with van der Waals surface area (Å²) >= 11 is 1.67. The van der Waals surface area contributed by atoms with Gasteiger partial charge in [-0.05, 0) is 116 Å². The van der Waals surface area contributed by atoms with Gasteiger partial charge in [-0.25, -0.2) is 10.0 Å². The number of hydrogen-bond acceptors (Lipinski definition) is 7. The zero-order valence-corrected chi connectivity index (χ0v) is 31.0. The summed E-state index contributed by atoms with van der Waals surface area (Å²) in [6.45, 7) is 4.35. The third kappa shape index (κ3) is 7.40. The van der Waals surface area contributed by atoms with Crippen molar-refractivity contribution in [2.45, 2.75) is 87.7 Å². The van der Waals surface area contributed by atoms with E-state index in [4.69, 9.17) is 18.9 Å². The predicted octanol–water partition coefficient (Wildman–Crippen LogP) is 8.25. The largest absolute Gasteiger partial charge is 0.454 e. The van der Waals surface area contributed by atoms with Crippen molar-refractivity contribution in [3.8, 4) is 23.0 Å². The highest BCUT2D eigenvalue weighted by Crippen LogP contribution is 2.67. The summed E-state index contributed by atoms with van der Waals surface area (Å²) in [7, 11) is -1.12. The SMILES string of the molecule is CCN(Cc1cccs1)C(=O)/C=C/c1ccc2c(c1)OC(C1CCC(CN(C(=O)/C=C/c3ccc4c(c3)OCO4)C3CC3)S13CCCCCC3)O2. The maximum absolute atomic E-state index is 13.8. The highest BCUT2D eigenvalue weighted by molar-refractivity contribution is 8.34. The Morgan fingerprint density at radius 2 is 1.53 bits per heavy atom. The second kappa shape index (κ2) is 15.0. The van der Waals surface area contributed by atoms with Crippen LogP contribution in [0.5, 0.6) is 23.0 Å². The van der Waals surface area contributed by atoms with Gasteiger partial charge in [-0.3, -0.25) is 9.59 Å². The molecule has 3 fully saturated rings. The van der Waals surface area contributed by atoms with Crippen molar-refractivity contribution in [1.29, 1.82) is 0 Å². The molecule has 3 aromatic rings. The molecule has 8 nitrogen and oxygen atoms in total. The van der Waals surface area contributed by atoms with Crippen molar-refractivity contribution in [2.24, 2.45) is 0 Å². The number of ether oxygens (including phenoxy) is 4. The van der Waals surface area contributed by atoms with Gasteiger partial charge in [0.05, 0.1) is 11.8 Å². The fourth-order valence-electron chi connectivity index (χ4n) is 8.25. The van der Waals surface area contributed by atoms with E-state index in [1.54, 1.807) is 23.5 Å². The van der Waals surface area contributed by atoms with E-state index in [0.29, 0.717) is 29.6 Å². The normalized spacial score (nSPS) is 23.9. The van der Waals surface area contributed by atoms with Crippen molar-refractivity contribution in [3.63, 3.8) is 0 Å². The van der Waals surface area contributed by atoms with E-state index in [0.717, 1.165) is 66.4 Å². The van der Waals surface area contributed by atoms with E-state index in [1.165, 1.54) is 42.1 Å². The Morgan fingerprint density at radius 1 is 0.824 bits per heavy atom.